The van der Waals surface area contributed by atoms with Crippen molar-refractivity contribution in [2.24, 2.45) is 0 Å². The predicted octanol–water partition coefficient (Wildman–Crippen LogP) is 3.83. The first-order chi connectivity index (χ1) is 10.3. The van der Waals surface area contributed by atoms with Gasteiger partial charge in [0.1, 0.15) is 0 Å². The summed E-state index contributed by atoms with van der Waals surface area (Å²) in [6.07, 6.45) is -4.30. The maximum Gasteiger partial charge on any atom is 0.416 e. The van der Waals surface area contributed by atoms with Crippen molar-refractivity contribution in [2.75, 3.05) is 0 Å². The average Bonchev–Trinajstić information content (AvgIpc) is 2.74. The zero-order chi connectivity index (χ0) is 16.3. The highest BCUT2D eigenvalue weighted by atomic mass is 19.4. The standard InChI is InChI=1S/C16H20F3N3/c1-4-22-12(3)15(11(2)21-22)10-20-9-13-6-5-7-14(8-13)16(17,18)19/h5-8,20H,4,9-10H2,1-3H3. The zero-order valence-electron chi connectivity index (χ0n) is 13.0. The van der Waals surface area contributed by atoms with Crippen molar-refractivity contribution in [3.63, 3.8) is 0 Å². The summed E-state index contributed by atoms with van der Waals surface area (Å²) in [4.78, 5) is 0. The second-order valence-corrected chi connectivity index (χ2v) is 5.27. The van der Waals surface area contributed by atoms with E-state index in [0.29, 0.717) is 18.7 Å². The molecule has 0 spiro atoms. The average molecular weight is 311 g/mol. The third kappa shape index (κ3) is 3.68. The molecule has 0 radical (unpaired) electrons. The number of alkyl halides is 3. The van der Waals surface area contributed by atoms with Gasteiger partial charge in [0.2, 0.25) is 0 Å². The SMILES string of the molecule is CCn1nc(C)c(CNCc2cccc(C(F)(F)F)c2)c1C. The molecule has 0 saturated heterocycles. The molecule has 22 heavy (non-hydrogen) atoms. The summed E-state index contributed by atoms with van der Waals surface area (Å²) in [5, 5.41) is 7.62. The van der Waals surface area contributed by atoms with Gasteiger partial charge in [0.05, 0.1) is 11.3 Å². The normalized spacial score (nSPS) is 11.9. The van der Waals surface area contributed by atoms with Crippen molar-refractivity contribution in [3.8, 4) is 0 Å². The summed E-state index contributed by atoms with van der Waals surface area (Å²) in [5.74, 6) is 0. The Morgan fingerprint density at radius 1 is 1.18 bits per heavy atom. The first-order valence-corrected chi connectivity index (χ1v) is 7.22. The highest BCUT2D eigenvalue weighted by Crippen LogP contribution is 2.29. The first-order valence-electron chi connectivity index (χ1n) is 7.22. The smallest absolute Gasteiger partial charge is 0.308 e. The summed E-state index contributed by atoms with van der Waals surface area (Å²) in [5.41, 5.74) is 3.16. The van der Waals surface area contributed by atoms with Crippen molar-refractivity contribution in [1.82, 2.24) is 15.1 Å². The lowest BCUT2D eigenvalue weighted by Crippen LogP contribution is -2.15. The molecule has 0 fully saturated rings. The fraction of sp³-hybridized carbons (Fsp3) is 0.438. The first kappa shape index (κ1) is 16.5. The van der Waals surface area contributed by atoms with E-state index < -0.39 is 11.7 Å². The Balaban J connectivity index is 2.01. The molecular formula is C16H20F3N3. The van der Waals surface area contributed by atoms with E-state index in [1.807, 2.05) is 25.5 Å². The maximum absolute atomic E-state index is 12.7. The Kier molecular flexibility index (Phi) is 4.90. The van der Waals surface area contributed by atoms with Crippen LogP contribution < -0.4 is 5.32 Å². The van der Waals surface area contributed by atoms with Gasteiger partial charge in [-0.2, -0.15) is 18.3 Å². The molecular weight excluding hydrogens is 291 g/mol. The monoisotopic (exact) mass is 311 g/mol. The zero-order valence-corrected chi connectivity index (χ0v) is 13.0. The van der Waals surface area contributed by atoms with Gasteiger partial charge in [0, 0.05) is 30.9 Å². The Hall–Kier alpha value is -1.82. The number of nitrogens with zero attached hydrogens (tertiary/aromatic N) is 2. The largest absolute Gasteiger partial charge is 0.416 e. The second-order valence-electron chi connectivity index (χ2n) is 5.27. The van der Waals surface area contributed by atoms with Crippen LogP contribution in [0, 0.1) is 13.8 Å². The van der Waals surface area contributed by atoms with Crippen molar-refractivity contribution < 1.29 is 13.2 Å². The molecule has 0 saturated carbocycles. The molecule has 6 heteroatoms. The molecule has 0 amide bonds. The lowest BCUT2D eigenvalue weighted by molar-refractivity contribution is -0.137. The van der Waals surface area contributed by atoms with E-state index >= 15 is 0 Å². The molecule has 0 aliphatic heterocycles. The third-order valence-corrected chi connectivity index (χ3v) is 3.72. The molecule has 2 aromatic rings. The van der Waals surface area contributed by atoms with Gasteiger partial charge < -0.3 is 5.32 Å². The molecule has 1 N–H and O–H groups in total. The lowest BCUT2D eigenvalue weighted by atomic mass is 10.1. The van der Waals surface area contributed by atoms with Crippen LogP contribution in [0.25, 0.3) is 0 Å². The van der Waals surface area contributed by atoms with Crippen LogP contribution in [0.4, 0.5) is 13.2 Å². The van der Waals surface area contributed by atoms with Crippen molar-refractivity contribution in [3.05, 3.63) is 52.3 Å². The number of aryl methyl sites for hydroxylation is 2. The lowest BCUT2D eigenvalue weighted by Gasteiger charge is -2.10. The molecule has 1 aromatic carbocycles. The van der Waals surface area contributed by atoms with Crippen LogP contribution in [-0.2, 0) is 25.8 Å². The Morgan fingerprint density at radius 3 is 2.50 bits per heavy atom. The van der Waals surface area contributed by atoms with Crippen molar-refractivity contribution >= 4 is 0 Å². The summed E-state index contributed by atoms with van der Waals surface area (Å²) in [6, 6.07) is 5.40. The molecule has 0 bridgehead atoms. The predicted molar refractivity (Wildman–Crippen MR) is 79.4 cm³/mol. The van der Waals surface area contributed by atoms with Crippen LogP contribution in [0.3, 0.4) is 0 Å². The minimum atomic E-state index is -4.30. The van der Waals surface area contributed by atoms with Gasteiger partial charge in [-0.25, -0.2) is 0 Å². The molecule has 2 rings (SSSR count). The summed E-state index contributed by atoms with van der Waals surface area (Å²) >= 11 is 0. The highest BCUT2D eigenvalue weighted by molar-refractivity contribution is 5.27. The maximum atomic E-state index is 12.7. The highest BCUT2D eigenvalue weighted by Gasteiger charge is 2.30. The molecule has 0 aliphatic carbocycles. The Bertz CT molecular complexity index is 645. The number of nitrogens with one attached hydrogen (secondary N) is 1. The summed E-state index contributed by atoms with van der Waals surface area (Å²) in [6.45, 7) is 7.76. The third-order valence-electron chi connectivity index (χ3n) is 3.72. The van der Waals surface area contributed by atoms with Gasteiger partial charge in [0.25, 0.3) is 0 Å². The Morgan fingerprint density at radius 2 is 1.91 bits per heavy atom. The van der Waals surface area contributed by atoms with E-state index in [1.165, 1.54) is 12.1 Å². The van der Waals surface area contributed by atoms with Crippen LogP contribution in [0.1, 0.15) is 35.0 Å². The van der Waals surface area contributed by atoms with Gasteiger partial charge in [-0.15, -0.1) is 0 Å². The van der Waals surface area contributed by atoms with Crippen LogP contribution >= 0.6 is 0 Å². The van der Waals surface area contributed by atoms with Crippen LogP contribution in [0.2, 0.25) is 0 Å². The molecule has 3 nitrogen and oxygen atoms in total. The van der Waals surface area contributed by atoms with E-state index in [1.54, 1.807) is 6.07 Å². The van der Waals surface area contributed by atoms with Crippen LogP contribution in [0.15, 0.2) is 24.3 Å². The topological polar surface area (TPSA) is 29.9 Å². The number of halogens is 3. The number of aromatic nitrogens is 2. The van der Waals surface area contributed by atoms with E-state index in [2.05, 4.69) is 10.4 Å². The van der Waals surface area contributed by atoms with E-state index in [4.69, 9.17) is 0 Å². The molecule has 0 aliphatic rings. The minimum absolute atomic E-state index is 0.389. The molecule has 0 unspecified atom stereocenters. The van der Waals surface area contributed by atoms with E-state index in [-0.39, 0.29) is 0 Å². The molecule has 0 atom stereocenters. The van der Waals surface area contributed by atoms with Crippen LogP contribution in [0.5, 0.6) is 0 Å². The van der Waals surface area contributed by atoms with Gasteiger partial charge in [-0.1, -0.05) is 18.2 Å². The fourth-order valence-electron chi connectivity index (χ4n) is 2.49. The number of hydrogen-bond donors (Lipinski definition) is 1. The number of rotatable bonds is 5. The molecule has 1 heterocycles. The summed E-state index contributed by atoms with van der Waals surface area (Å²) in [7, 11) is 0. The van der Waals surface area contributed by atoms with Gasteiger partial charge in [0.15, 0.2) is 0 Å². The molecule has 1 aromatic heterocycles. The van der Waals surface area contributed by atoms with Gasteiger partial charge in [-0.3, -0.25) is 4.68 Å². The fourth-order valence-corrected chi connectivity index (χ4v) is 2.49. The number of benzene rings is 1. The van der Waals surface area contributed by atoms with Crippen molar-refractivity contribution in [1.29, 1.82) is 0 Å². The van der Waals surface area contributed by atoms with Gasteiger partial charge in [-0.05, 0) is 32.4 Å². The van der Waals surface area contributed by atoms with E-state index in [0.717, 1.165) is 29.6 Å². The number of hydrogen-bond acceptors (Lipinski definition) is 2. The van der Waals surface area contributed by atoms with E-state index in [9.17, 15) is 13.2 Å². The quantitative estimate of drug-likeness (QED) is 0.909. The van der Waals surface area contributed by atoms with Gasteiger partial charge >= 0.3 is 6.18 Å². The molecule has 120 valence electrons. The summed E-state index contributed by atoms with van der Waals surface area (Å²) < 4.78 is 39.9. The Labute approximate surface area is 128 Å². The second kappa shape index (κ2) is 6.52. The minimum Gasteiger partial charge on any atom is -0.308 e. The van der Waals surface area contributed by atoms with Crippen molar-refractivity contribution in [2.45, 2.75) is 46.6 Å². The van der Waals surface area contributed by atoms with Crippen LogP contribution in [-0.4, -0.2) is 9.78 Å².